The van der Waals surface area contributed by atoms with Gasteiger partial charge in [0.15, 0.2) is 0 Å². The Balaban J connectivity index is 2.02. The Hall–Kier alpha value is -1.38. The molecule has 3 heteroatoms. The molecule has 2 nitrogen and oxygen atoms in total. The molecule has 1 aliphatic carbocycles. The Morgan fingerprint density at radius 2 is 2.05 bits per heavy atom. The summed E-state index contributed by atoms with van der Waals surface area (Å²) in [6.45, 7) is 6.13. The summed E-state index contributed by atoms with van der Waals surface area (Å²) >= 11 is 0. The lowest BCUT2D eigenvalue weighted by molar-refractivity contribution is 0.0899. The number of hydrogen-bond donors (Lipinski definition) is 1. The second-order valence-corrected chi connectivity index (χ2v) is 5.94. The first-order valence-corrected chi connectivity index (χ1v) is 7.04. The highest BCUT2D eigenvalue weighted by atomic mass is 19.1. The molecule has 1 aromatic rings. The number of carbonyl (C=O) groups is 1. The molecule has 0 spiro atoms. The molecule has 0 aliphatic heterocycles. The molecule has 19 heavy (non-hydrogen) atoms. The second kappa shape index (κ2) is 5.72. The van der Waals surface area contributed by atoms with E-state index in [0.717, 1.165) is 25.2 Å². The van der Waals surface area contributed by atoms with Crippen LogP contribution in [0.4, 0.5) is 4.39 Å². The van der Waals surface area contributed by atoms with E-state index in [-0.39, 0.29) is 17.8 Å². The average Bonchev–Trinajstić information content (AvgIpc) is 2.36. The number of rotatable bonds is 2. The SMILES string of the molecule is Cc1cc(C(=O)NC2CCC(C)CC2C)ccc1F. The molecule has 1 N–H and O–H groups in total. The van der Waals surface area contributed by atoms with Crippen LogP contribution in [-0.2, 0) is 0 Å². The summed E-state index contributed by atoms with van der Waals surface area (Å²) in [6.07, 6.45) is 3.36. The quantitative estimate of drug-likeness (QED) is 0.866. The van der Waals surface area contributed by atoms with Gasteiger partial charge in [0.2, 0.25) is 0 Å². The molecule has 0 radical (unpaired) electrons. The lowest BCUT2D eigenvalue weighted by atomic mass is 9.80. The number of nitrogens with one attached hydrogen (secondary N) is 1. The van der Waals surface area contributed by atoms with Crippen molar-refractivity contribution < 1.29 is 9.18 Å². The molecule has 0 saturated heterocycles. The van der Waals surface area contributed by atoms with Crippen molar-refractivity contribution in [1.29, 1.82) is 0 Å². The smallest absolute Gasteiger partial charge is 0.251 e. The van der Waals surface area contributed by atoms with E-state index in [9.17, 15) is 9.18 Å². The van der Waals surface area contributed by atoms with Crippen LogP contribution in [0.5, 0.6) is 0 Å². The zero-order valence-corrected chi connectivity index (χ0v) is 11.9. The van der Waals surface area contributed by atoms with Gasteiger partial charge in [-0.1, -0.05) is 13.8 Å². The average molecular weight is 263 g/mol. The predicted octanol–water partition coefficient (Wildman–Crippen LogP) is 3.69. The van der Waals surface area contributed by atoms with Gasteiger partial charge in [-0.3, -0.25) is 4.79 Å². The van der Waals surface area contributed by atoms with E-state index >= 15 is 0 Å². The zero-order valence-electron chi connectivity index (χ0n) is 11.9. The van der Waals surface area contributed by atoms with Gasteiger partial charge in [0, 0.05) is 11.6 Å². The zero-order chi connectivity index (χ0) is 14.0. The number of amides is 1. The summed E-state index contributed by atoms with van der Waals surface area (Å²) in [7, 11) is 0. The van der Waals surface area contributed by atoms with Gasteiger partial charge < -0.3 is 5.32 Å². The highest BCUT2D eigenvalue weighted by Gasteiger charge is 2.26. The molecular formula is C16H22FNO. The molecule has 2 rings (SSSR count). The van der Waals surface area contributed by atoms with E-state index in [2.05, 4.69) is 19.2 Å². The summed E-state index contributed by atoms with van der Waals surface area (Å²) in [5.74, 6) is 0.899. The van der Waals surface area contributed by atoms with Crippen LogP contribution in [0.2, 0.25) is 0 Å². The van der Waals surface area contributed by atoms with Gasteiger partial charge in [-0.2, -0.15) is 0 Å². The van der Waals surface area contributed by atoms with E-state index in [1.165, 1.54) is 6.07 Å². The maximum Gasteiger partial charge on any atom is 0.251 e. The fourth-order valence-electron chi connectivity index (χ4n) is 2.92. The normalized spacial score (nSPS) is 27.1. The monoisotopic (exact) mass is 263 g/mol. The van der Waals surface area contributed by atoms with Gasteiger partial charge in [0.1, 0.15) is 5.82 Å². The van der Waals surface area contributed by atoms with Crippen LogP contribution in [0.1, 0.15) is 49.0 Å². The first-order valence-electron chi connectivity index (χ1n) is 7.04. The molecule has 1 aliphatic rings. The van der Waals surface area contributed by atoms with Crippen molar-refractivity contribution in [1.82, 2.24) is 5.32 Å². The number of hydrogen-bond acceptors (Lipinski definition) is 1. The third-order valence-corrected chi connectivity index (χ3v) is 4.17. The minimum Gasteiger partial charge on any atom is -0.349 e. The minimum absolute atomic E-state index is 0.0884. The van der Waals surface area contributed by atoms with Gasteiger partial charge in [-0.15, -0.1) is 0 Å². The van der Waals surface area contributed by atoms with Crippen LogP contribution in [0.15, 0.2) is 18.2 Å². The van der Waals surface area contributed by atoms with E-state index in [0.29, 0.717) is 17.0 Å². The summed E-state index contributed by atoms with van der Waals surface area (Å²) in [5.41, 5.74) is 1.06. The maximum atomic E-state index is 13.2. The van der Waals surface area contributed by atoms with Crippen LogP contribution < -0.4 is 5.32 Å². The third-order valence-electron chi connectivity index (χ3n) is 4.17. The molecule has 0 heterocycles. The standard InChI is InChI=1S/C16H22FNO/c1-10-4-7-15(12(3)8-10)18-16(19)13-5-6-14(17)11(2)9-13/h5-6,9-10,12,15H,4,7-8H2,1-3H3,(H,18,19). The van der Waals surface area contributed by atoms with E-state index in [1.807, 2.05) is 0 Å². The van der Waals surface area contributed by atoms with E-state index in [1.54, 1.807) is 19.1 Å². The first-order chi connectivity index (χ1) is 8.97. The molecule has 0 bridgehead atoms. The topological polar surface area (TPSA) is 29.1 Å². The highest BCUT2D eigenvalue weighted by molar-refractivity contribution is 5.94. The Morgan fingerprint density at radius 3 is 2.68 bits per heavy atom. The summed E-state index contributed by atoms with van der Waals surface area (Å²) in [6, 6.07) is 4.76. The number of carbonyl (C=O) groups excluding carboxylic acids is 1. The third kappa shape index (κ3) is 3.34. The van der Waals surface area contributed by atoms with Crippen molar-refractivity contribution in [2.24, 2.45) is 11.8 Å². The molecule has 1 aromatic carbocycles. The summed E-state index contributed by atoms with van der Waals surface area (Å²) in [4.78, 5) is 12.2. The van der Waals surface area contributed by atoms with Gasteiger partial charge in [0.05, 0.1) is 0 Å². The van der Waals surface area contributed by atoms with Crippen LogP contribution in [0.3, 0.4) is 0 Å². The lowest BCUT2D eigenvalue weighted by Crippen LogP contribution is -2.42. The van der Waals surface area contributed by atoms with E-state index in [4.69, 9.17) is 0 Å². The Morgan fingerprint density at radius 1 is 1.32 bits per heavy atom. The molecule has 1 saturated carbocycles. The lowest BCUT2D eigenvalue weighted by Gasteiger charge is -2.33. The molecule has 3 atom stereocenters. The van der Waals surface area contributed by atoms with Crippen LogP contribution in [0, 0.1) is 24.6 Å². The number of aryl methyl sites for hydroxylation is 1. The van der Waals surface area contributed by atoms with Gasteiger partial charge in [-0.25, -0.2) is 4.39 Å². The van der Waals surface area contributed by atoms with Gasteiger partial charge >= 0.3 is 0 Å². The summed E-state index contributed by atoms with van der Waals surface area (Å²) in [5, 5.41) is 3.09. The van der Waals surface area contributed by atoms with Crippen molar-refractivity contribution in [3.8, 4) is 0 Å². The van der Waals surface area contributed by atoms with Gasteiger partial charge in [-0.05, 0) is 61.8 Å². The maximum absolute atomic E-state index is 13.2. The first kappa shape index (κ1) is 14.0. The number of benzene rings is 1. The van der Waals surface area contributed by atoms with Crippen molar-refractivity contribution in [3.05, 3.63) is 35.1 Å². The fourth-order valence-corrected chi connectivity index (χ4v) is 2.92. The molecular weight excluding hydrogens is 241 g/mol. The van der Waals surface area contributed by atoms with Crippen LogP contribution >= 0.6 is 0 Å². The van der Waals surface area contributed by atoms with Crippen LogP contribution in [0.25, 0.3) is 0 Å². The largest absolute Gasteiger partial charge is 0.349 e. The Labute approximate surface area is 114 Å². The Bertz CT molecular complexity index is 472. The number of halogens is 1. The molecule has 1 fully saturated rings. The molecule has 104 valence electrons. The van der Waals surface area contributed by atoms with Crippen molar-refractivity contribution >= 4 is 5.91 Å². The van der Waals surface area contributed by atoms with Crippen molar-refractivity contribution in [2.45, 2.75) is 46.1 Å². The molecule has 3 unspecified atom stereocenters. The second-order valence-electron chi connectivity index (χ2n) is 5.94. The molecule has 0 aromatic heterocycles. The Kier molecular flexibility index (Phi) is 4.23. The minimum atomic E-state index is -0.267. The van der Waals surface area contributed by atoms with Crippen molar-refractivity contribution in [2.75, 3.05) is 0 Å². The molecule has 1 amide bonds. The van der Waals surface area contributed by atoms with Crippen LogP contribution in [-0.4, -0.2) is 11.9 Å². The highest BCUT2D eigenvalue weighted by Crippen LogP contribution is 2.28. The van der Waals surface area contributed by atoms with E-state index < -0.39 is 0 Å². The predicted molar refractivity (Wildman–Crippen MR) is 74.6 cm³/mol. The fraction of sp³-hybridized carbons (Fsp3) is 0.562. The van der Waals surface area contributed by atoms with Crippen molar-refractivity contribution in [3.63, 3.8) is 0 Å². The van der Waals surface area contributed by atoms with Gasteiger partial charge in [0.25, 0.3) is 5.91 Å². The summed E-state index contributed by atoms with van der Waals surface area (Å²) < 4.78 is 13.2.